The van der Waals surface area contributed by atoms with Crippen molar-refractivity contribution in [1.29, 1.82) is 5.26 Å². The summed E-state index contributed by atoms with van der Waals surface area (Å²) in [6.07, 6.45) is 1.39. The molecule has 0 amide bonds. The third kappa shape index (κ3) is 4.16. The normalized spacial score (nSPS) is 10.5. The summed E-state index contributed by atoms with van der Waals surface area (Å²) in [5.74, 6) is 0.484. The number of anilines is 1. The quantitative estimate of drug-likeness (QED) is 0.837. The number of halogens is 2. The van der Waals surface area contributed by atoms with Gasteiger partial charge < -0.3 is 10.1 Å². The third-order valence-corrected chi connectivity index (χ3v) is 3.54. The van der Waals surface area contributed by atoms with Crippen LogP contribution < -0.4 is 10.1 Å². The first-order valence-corrected chi connectivity index (χ1v) is 7.65. The van der Waals surface area contributed by atoms with Crippen LogP contribution in [0.5, 0.6) is 5.75 Å². The lowest BCUT2D eigenvalue weighted by Crippen LogP contribution is -2.10. The van der Waals surface area contributed by atoms with Gasteiger partial charge in [0, 0.05) is 6.54 Å². The highest BCUT2D eigenvalue weighted by atomic mass is 19.3. The average Bonchev–Trinajstić information content (AvgIpc) is 2.58. The van der Waals surface area contributed by atoms with Crippen molar-refractivity contribution in [2.24, 2.45) is 0 Å². The van der Waals surface area contributed by atoms with Crippen LogP contribution in [0, 0.1) is 11.3 Å². The van der Waals surface area contributed by atoms with Crippen molar-refractivity contribution < 1.29 is 13.5 Å². The zero-order chi connectivity index (χ0) is 17.5. The second-order valence-electron chi connectivity index (χ2n) is 5.05. The van der Waals surface area contributed by atoms with Crippen LogP contribution >= 0.6 is 0 Å². The second-order valence-corrected chi connectivity index (χ2v) is 5.05. The molecule has 24 heavy (non-hydrogen) atoms. The SMILES string of the molecule is CCc1nnc(NCc2cccc(OC(F)F)c2)c(C#N)c1CC. The Kier molecular flexibility index (Phi) is 6.01. The Morgan fingerprint density at radius 1 is 1.25 bits per heavy atom. The maximum absolute atomic E-state index is 12.3. The highest BCUT2D eigenvalue weighted by molar-refractivity contribution is 5.56. The summed E-state index contributed by atoms with van der Waals surface area (Å²) < 4.78 is 28.9. The molecule has 2 rings (SSSR count). The number of nitriles is 1. The topological polar surface area (TPSA) is 70.8 Å². The van der Waals surface area contributed by atoms with E-state index in [1.165, 1.54) is 12.1 Å². The van der Waals surface area contributed by atoms with Gasteiger partial charge in [0.2, 0.25) is 0 Å². The predicted octanol–water partition coefficient (Wildman–Crippen LogP) is 3.69. The standard InChI is InChI=1S/C17H18F2N4O/c1-3-13-14(9-20)16(23-22-15(13)4-2)21-10-11-6-5-7-12(8-11)24-17(18)19/h5-8,17H,3-4,10H2,1-2H3,(H,21,23). The third-order valence-electron chi connectivity index (χ3n) is 3.54. The lowest BCUT2D eigenvalue weighted by atomic mass is 10.0. The fourth-order valence-corrected chi connectivity index (χ4v) is 2.43. The Morgan fingerprint density at radius 3 is 2.67 bits per heavy atom. The molecule has 7 heteroatoms. The fourth-order valence-electron chi connectivity index (χ4n) is 2.43. The molecule has 1 aromatic carbocycles. The van der Waals surface area contributed by atoms with Crippen LogP contribution in [-0.4, -0.2) is 16.8 Å². The summed E-state index contributed by atoms with van der Waals surface area (Å²) in [6, 6.07) is 8.55. The molecule has 1 heterocycles. The number of aromatic nitrogens is 2. The van der Waals surface area contributed by atoms with Gasteiger partial charge in [-0.3, -0.25) is 0 Å². The van der Waals surface area contributed by atoms with Gasteiger partial charge in [0.1, 0.15) is 17.4 Å². The fraction of sp³-hybridized carbons (Fsp3) is 0.353. The summed E-state index contributed by atoms with van der Waals surface area (Å²) in [4.78, 5) is 0. The van der Waals surface area contributed by atoms with Gasteiger partial charge in [0.25, 0.3) is 0 Å². The highest BCUT2D eigenvalue weighted by Gasteiger charge is 2.14. The Hall–Kier alpha value is -2.75. The molecule has 0 bridgehead atoms. The van der Waals surface area contributed by atoms with Crippen molar-refractivity contribution in [3.63, 3.8) is 0 Å². The number of aryl methyl sites for hydroxylation is 1. The summed E-state index contributed by atoms with van der Waals surface area (Å²) in [6.45, 7) is 1.38. The summed E-state index contributed by atoms with van der Waals surface area (Å²) >= 11 is 0. The molecule has 0 aliphatic heterocycles. The molecule has 0 saturated carbocycles. The van der Waals surface area contributed by atoms with Gasteiger partial charge in [-0.1, -0.05) is 26.0 Å². The van der Waals surface area contributed by atoms with E-state index in [9.17, 15) is 14.0 Å². The largest absolute Gasteiger partial charge is 0.435 e. The van der Waals surface area contributed by atoms with Crippen LogP contribution in [0.2, 0.25) is 0 Å². The Labute approximate surface area is 139 Å². The van der Waals surface area contributed by atoms with E-state index < -0.39 is 6.61 Å². The minimum absolute atomic E-state index is 0.0893. The minimum atomic E-state index is -2.86. The molecule has 0 fully saturated rings. The summed E-state index contributed by atoms with van der Waals surface area (Å²) in [7, 11) is 0. The Balaban J connectivity index is 2.19. The van der Waals surface area contributed by atoms with E-state index in [1.807, 2.05) is 13.8 Å². The molecule has 0 spiro atoms. The van der Waals surface area contributed by atoms with Crippen molar-refractivity contribution in [1.82, 2.24) is 10.2 Å². The first kappa shape index (κ1) is 17.6. The lowest BCUT2D eigenvalue weighted by molar-refractivity contribution is -0.0498. The molecule has 0 radical (unpaired) electrons. The van der Waals surface area contributed by atoms with E-state index in [1.54, 1.807) is 12.1 Å². The molecule has 0 aliphatic rings. The van der Waals surface area contributed by atoms with Gasteiger partial charge in [0.15, 0.2) is 5.82 Å². The lowest BCUT2D eigenvalue weighted by Gasteiger charge is -2.12. The van der Waals surface area contributed by atoms with Crippen molar-refractivity contribution in [3.05, 3.63) is 46.6 Å². The van der Waals surface area contributed by atoms with Gasteiger partial charge in [-0.15, -0.1) is 5.10 Å². The number of alkyl halides is 2. The van der Waals surface area contributed by atoms with Gasteiger partial charge in [-0.05, 0) is 36.1 Å². The van der Waals surface area contributed by atoms with E-state index in [-0.39, 0.29) is 5.75 Å². The van der Waals surface area contributed by atoms with Crippen molar-refractivity contribution >= 4 is 5.82 Å². The molecule has 2 aromatic rings. The molecular formula is C17H18F2N4O. The van der Waals surface area contributed by atoms with Gasteiger partial charge >= 0.3 is 6.61 Å². The molecule has 0 unspecified atom stereocenters. The maximum Gasteiger partial charge on any atom is 0.387 e. The second kappa shape index (κ2) is 8.20. The van der Waals surface area contributed by atoms with Crippen molar-refractivity contribution in [3.8, 4) is 11.8 Å². The summed E-state index contributed by atoms with van der Waals surface area (Å²) in [5.41, 5.74) is 2.90. The Morgan fingerprint density at radius 2 is 2.04 bits per heavy atom. The van der Waals surface area contributed by atoms with E-state index in [2.05, 4.69) is 26.3 Å². The zero-order valence-corrected chi connectivity index (χ0v) is 13.5. The van der Waals surface area contributed by atoms with E-state index in [4.69, 9.17) is 0 Å². The van der Waals surface area contributed by atoms with Crippen molar-refractivity contribution in [2.75, 3.05) is 5.32 Å². The van der Waals surface area contributed by atoms with Gasteiger partial charge in [-0.2, -0.15) is 19.1 Å². The molecule has 1 N–H and O–H groups in total. The van der Waals surface area contributed by atoms with E-state index in [0.29, 0.717) is 30.8 Å². The summed E-state index contributed by atoms with van der Waals surface area (Å²) in [5, 5.41) is 20.7. The van der Waals surface area contributed by atoms with Crippen LogP contribution in [0.4, 0.5) is 14.6 Å². The van der Waals surface area contributed by atoms with Crippen LogP contribution in [0.15, 0.2) is 24.3 Å². The number of nitrogens with zero attached hydrogens (tertiary/aromatic N) is 3. The van der Waals surface area contributed by atoms with Crippen LogP contribution in [0.3, 0.4) is 0 Å². The molecule has 0 saturated heterocycles. The van der Waals surface area contributed by atoms with Gasteiger partial charge in [-0.25, -0.2) is 0 Å². The molecule has 0 aliphatic carbocycles. The van der Waals surface area contributed by atoms with Crippen LogP contribution in [0.25, 0.3) is 0 Å². The van der Waals surface area contributed by atoms with Crippen molar-refractivity contribution in [2.45, 2.75) is 39.8 Å². The van der Waals surface area contributed by atoms with E-state index >= 15 is 0 Å². The monoisotopic (exact) mass is 332 g/mol. The minimum Gasteiger partial charge on any atom is -0.435 e. The highest BCUT2D eigenvalue weighted by Crippen LogP contribution is 2.21. The molecule has 5 nitrogen and oxygen atoms in total. The molecule has 126 valence electrons. The molecular weight excluding hydrogens is 314 g/mol. The smallest absolute Gasteiger partial charge is 0.387 e. The first-order chi connectivity index (χ1) is 11.6. The number of rotatable bonds is 7. The number of benzene rings is 1. The number of hydrogen-bond donors (Lipinski definition) is 1. The maximum atomic E-state index is 12.3. The number of ether oxygens (including phenoxy) is 1. The van der Waals surface area contributed by atoms with Gasteiger partial charge in [0.05, 0.1) is 5.69 Å². The molecule has 1 aromatic heterocycles. The predicted molar refractivity (Wildman–Crippen MR) is 85.9 cm³/mol. The van der Waals surface area contributed by atoms with E-state index in [0.717, 1.165) is 16.8 Å². The average molecular weight is 332 g/mol. The molecule has 0 atom stereocenters. The van der Waals surface area contributed by atoms with Crippen LogP contribution in [-0.2, 0) is 19.4 Å². The van der Waals surface area contributed by atoms with Crippen LogP contribution in [0.1, 0.15) is 36.2 Å². The number of hydrogen-bond acceptors (Lipinski definition) is 5. The first-order valence-electron chi connectivity index (χ1n) is 7.65. The Bertz CT molecular complexity index is 744. The zero-order valence-electron chi connectivity index (χ0n) is 13.5. The number of nitrogens with one attached hydrogen (secondary N) is 1.